The molecule has 0 aliphatic rings. The van der Waals surface area contributed by atoms with Crippen molar-refractivity contribution in [3.05, 3.63) is 64.3 Å². The highest BCUT2D eigenvalue weighted by molar-refractivity contribution is 9.10. The summed E-state index contributed by atoms with van der Waals surface area (Å²) in [6.45, 7) is 1.91. The van der Waals surface area contributed by atoms with Crippen LogP contribution in [0.2, 0.25) is 0 Å². The Kier molecular flexibility index (Phi) is 5.23. The highest BCUT2D eigenvalue weighted by Gasteiger charge is 2.11. The Labute approximate surface area is 148 Å². The van der Waals surface area contributed by atoms with Gasteiger partial charge >= 0.3 is 5.97 Å². The van der Waals surface area contributed by atoms with Gasteiger partial charge in [-0.25, -0.2) is 4.79 Å². The topological polar surface area (TPSA) is 62.2 Å². The molecular weight excluding hydrogens is 380 g/mol. The zero-order chi connectivity index (χ0) is 15.7. The number of benzene rings is 2. The number of anilines is 2. The minimum absolute atomic E-state index is 0. The van der Waals surface area contributed by atoms with Crippen LogP contribution in [0, 0.1) is 6.92 Å². The summed E-state index contributed by atoms with van der Waals surface area (Å²) in [4.78, 5) is 15.8. The molecule has 0 amide bonds. The monoisotopic (exact) mass is 392 g/mol. The fourth-order valence-corrected chi connectivity index (χ4v) is 2.72. The number of hydrogen-bond acceptors (Lipinski definition) is 3. The highest BCUT2D eigenvalue weighted by Crippen LogP contribution is 2.30. The average molecular weight is 394 g/mol. The van der Waals surface area contributed by atoms with Crippen LogP contribution >= 0.6 is 28.3 Å². The van der Waals surface area contributed by atoms with E-state index in [-0.39, 0.29) is 18.0 Å². The molecule has 0 atom stereocenters. The van der Waals surface area contributed by atoms with Gasteiger partial charge in [0.2, 0.25) is 0 Å². The van der Waals surface area contributed by atoms with Gasteiger partial charge in [0.1, 0.15) is 0 Å². The molecule has 3 rings (SSSR count). The smallest absolute Gasteiger partial charge is 0.337 e. The van der Waals surface area contributed by atoms with Crippen molar-refractivity contribution in [3.8, 4) is 0 Å². The number of para-hydroxylation sites is 1. The van der Waals surface area contributed by atoms with Gasteiger partial charge in [0.15, 0.2) is 0 Å². The molecule has 2 N–H and O–H groups in total. The molecular formula is C17H14BrClN2O2. The second kappa shape index (κ2) is 6.98. The first-order valence-electron chi connectivity index (χ1n) is 6.71. The summed E-state index contributed by atoms with van der Waals surface area (Å²) in [7, 11) is 0. The van der Waals surface area contributed by atoms with Crippen LogP contribution in [0.3, 0.4) is 0 Å². The number of carboxylic acid groups (broad SMARTS) is 1. The molecule has 0 unspecified atom stereocenters. The van der Waals surface area contributed by atoms with Crippen molar-refractivity contribution in [3.63, 3.8) is 0 Å². The minimum Gasteiger partial charge on any atom is -0.478 e. The molecule has 0 bridgehead atoms. The molecule has 0 radical (unpaired) electrons. The number of pyridine rings is 1. The maximum Gasteiger partial charge on any atom is 0.337 e. The first-order valence-corrected chi connectivity index (χ1v) is 7.50. The fourth-order valence-electron chi connectivity index (χ4n) is 2.36. The van der Waals surface area contributed by atoms with Crippen molar-refractivity contribution in [2.24, 2.45) is 0 Å². The zero-order valence-electron chi connectivity index (χ0n) is 12.2. The number of carbonyl (C=O) groups is 1. The molecule has 2 aromatic carbocycles. The number of aromatic nitrogens is 1. The van der Waals surface area contributed by atoms with Crippen LogP contribution in [-0.2, 0) is 0 Å². The molecule has 0 saturated heterocycles. The van der Waals surface area contributed by atoms with Crippen LogP contribution in [0.1, 0.15) is 16.1 Å². The van der Waals surface area contributed by atoms with Gasteiger partial charge in [-0.2, -0.15) is 0 Å². The number of halogens is 2. The fraction of sp³-hybridized carbons (Fsp3) is 0.0588. The van der Waals surface area contributed by atoms with E-state index in [4.69, 9.17) is 0 Å². The summed E-state index contributed by atoms with van der Waals surface area (Å²) in [6.07, 6.45) is 0. The summed E-state index contributed by atoms with van der Waals surface area (Å²) in [5, 5.41) is 13.4. The van der Waals surface area contributed by atoms with Crippen LogP contribution in [0.15, 0.2) is 53.0 Å². The van der Waals surface area contributed by atoms with Crippen molar-refractivity contribution in [2.75, 3.05) is 5.32 Å². The third kappa shape index (κ3) is 3.63. The number of aryl methyl sites for hydroxylation is 1. The lowest BCUT2D eigenvalue weighted by molar-refractivity contribution is 0.0698. The largest absolute Gasteiger partial charge is 0.478 e. The van der Waals surface area contributed by atoms with Crippen LogP contribution in [0.4, 0.5) is 11.4 Å². The lowest BCUT2D eigenvalue weighted by Gasteiger charge is -2.13. The highest BCUT2D eigenvalue weighted by atomic mass is 79.9. The SMILES string of the molecule is Cc1cc(Nc2ccccc2C(=O)O)c2cc(Br)ccc2n1.Cl. The van der Waals surface area contributed by atoms with Crippen LogP contribution in [-0.4, -0.2) is 16.1 Å². The molecule has 23 heavy (non-hydrogen) atoms. The molecule has 0 aliphatic carbocycles. The van der Waals surface area contributed by atoms with Gasteiger partial charge in [-0.3, -0.25) is 4.98 Å². The number of nitrogens with zero attached hydrogens (tertiary/aromatic N) is 1. The van der Waals surface area contributed by atoms with Crippen molar-refractivity contribution in [2.45, 2.75) is 6.92 Å². The Morgan fingerprint density at radius 1 is 1.13 bits per heavy atom. The molecule has 0 fully saturated rings. The third-order valence-electron chi connectivity index (χ3n) is 3.33. The third-order valence-corrected chi connectivity index (χ3v) is 3.82. The average Bonchev–Trinajstić information content (AvgIpc) is 2.48. The van der Waals surface area contributed by atoms with E-state index >= 15 is 0 Å². The van der Waals surface area contributed by atoms with E-state index in [0.29, 0.717) is 5.69 Å². The van der Waals surface area contributed by atoms with Gasteiger partial charge in [0.05, 0.1) is 16.8 Å². The van der Waals surface area contributed by atoms with E-state index in [0.717, 1.165) is 26.8 Å². The molecule has 1 aromatic heterocycles. The number of rotatable bonds is 3. The van der Waals surface area contributed by atoms with E-state index < -0.39 is 5.97 Å². The Bertz CT molecular complexity index is 884. The van der Waals surface area contributed by atoms with Crippen molar-refractivity contribution in [1.82, 2.24) is 4.98 Å². The summed E-state index contributed by atoms with van der Waals surface area (Å²) in [5.41, 5.74) is 3.35. The van der Waals surface area contributed by atoms with E-state index in [1.807, 2.05) is 31.2 Å². The van der Waals surface area contributed by atoms with Gasteiger partial charge in [0, 0.05) is 21.2 Å². The molecule has 118 valence electrons. The summed E-state index contributed by atoms with van der Waals surface area (Å²) in [5.74, 6) is -0.959. The van der Waals surface area contributed by atoms with E-state index in [9.17, 15) is 9.90 Å². The number of hydrogen-bond donors (Lipinski definition) is 2. The summed E-state index contributed by atoms with van der Waals surface area (Å²) < 4.78 is 0.945. The molecule has 3 aromatic rings. The van der Waals surface area contributed by atoms with Crippen molar-refractivity contribution < 1.29 is 9.90 Å². The Morgan fingerprint density at radius 3 is 2.61 bits per heavy atom. The summed E-state index contributed by atoms with van der Waals surface area (Å²) >= 11 is 3.46. The molecule has 1 heterocycles. The number of fused-ring (bicyclic) bond motifs is 1. The van der Waals surface area contributed by atoms with Crippen LogP contribution in [0.5, 0.6) is 0 Å². The second-order valence-electron chi connectivity index (χ2n) is 4.95. The molecule has 6 heteroatoms. The lowest BCUT2D eigenvalue weighted by Crippen LogP contribution is -2.03. The van der Waals surface area contributed by atoms with Crippen LogP contribution in [0.25, 0.3) is 10.9 Å². The number of aromatic carboxylic acids is 1. The van der Waals surface area contributed by atoms with Crippen LogP contribution < -0.4 is 5.32 Å². The molecule has 0 saturated carbocycles. The Morgan fingerprint density at radius 2 is 1.87 bits per heavy atom. The van der Waals surface area contributed by atoms with Gasteiger partial charge in [-0.05, 0) is 43.3 Å². The van der Waals surface area contributed by atoms with Gasteiger partial charge in [-0.15, -0.1) is 12.4 Å². The number of carboxylic acids is 1. The zero-order valence-corrected chi connectivity index (χ0v) is 14.6. The van der Waals surface area contributed by atoms with Crippen molar-refractivity contribution in [1.29, 1.82) is 0 Å². The van der Waals surface area contributed by atoms with Gasteiger partial charge in [-0.1, -0.05) is 28.1 Å². The minimum atomic E-state index is -0.959. The standard InChI is InChI=1S/C17H13BrN2O2.ClH/c1-10-8-16(13-9-11(18)6-7-15(13)19-10)20-14-5-3-2-4-12(14)17(21)22;/h2-9H,1H3,(H,19,20)(H,21,22);1H. The summed E-state index contributed by atoms with van der Waals surface area (Å²) in [6, 6.07) is 14.6. The van der Waals surface area contributed by atoms with E-state index in [2.05, 4.69) is 26.2 Å². The first-order chi connectivity index (χ1) is 10.5. The van der Waals surface area contributed by atoms with Crippen molar-refractivity contribution >= 4 is 56.6 Å². The maximum absolute atomic E-state index is 11.3. The molecule has 0 aliphatic heterocycles. The predicted octanol–water partition coefficient (Wildman–Crippen LogP) is 5.17. The lowest BCUT2D eigenvalue weighted by atomic mass is 10.1. The first kappa shape index (κ1) is 17.2. The maximum atomic E-state index is 11.3. The Hall–Kier alpha value is -2.11. The van der Waals surface area contributed by atoms with Gasteiger partial charge in [0.25, 0.3) is 0 Å². The van der Waals surface area contributed by atoms with E-state index in [1.165, 1.54) is 0 Å². The second-order valence-corrected chi connectivity index (χ2v) is 5.86. The quantitative estimate of drug-likeness (QED) is 0.644. The molecule has 4 nitrogen and oxygen atoms in total. The Balaban J connectivity index is 0.00000192. The number of nitrogens with one attached hydrogen (secondary N) is 1. The molecule has 0 spiro atoms. The van der Waals surface area contributed by atoms with Gasteiger partial charge < -0.3 is 10.4 Å². The predicted molar refractivity (Wildman–Crippen MR) is 98.1 cm³/mol. The van der Waals surface area contributed by atoms with E-state index in [1.54, 1.807) is 24.3 Å². The normalized spacial score (nSPS) is 10.2.